The summed E-state index contributed by atoms with van der Waals surface area (Å²) in [5.41, 5.74) is 1.98. The zero-order chi connectivity index (χ0) is 18.8. The predicted octanol–water partition coefficient (Wildman–Crippen LogP) is 2.29. The van der Waals surface area contributed by atoms with Gasteiger partial charge < -0.3 is 14.2 Å². The first kappa shape index (κ1) is 18.2. The fourth-order valence-electron chi connectivity index (χ4n) is 2.85. The van der Waals surface area contributed by atoms with Crippen molar-refractivity contribution in [3.05, 3.63) is 34.8 Å². The Labute approximate surface area is 154 Å². The lowest BCUT2D eigenvalue weighted by atomic mass is 10.1. The van der Waals surface area contributed by atoms with Crippen molar-refractivity contribution in [1.82, 2.24) is 14.6 Å². The van der Waals surface area contributed by atoms with Crippen LogP contribution in [0.3, 0.4) is 0 Å². The number of Topliss-reactive ketones (excluding diaryl/α,β-unsaturated/α-hetero) is 1. The summed E-state index contributed by atoms with van der Waals surface area (Å²) in [6.45, 7) is 5.47. The fourth-order valence-corrected chi connectivity index (χ4v) is 3.68. The summed E-state index contributed by atoms with van der Waals surface area (Å²) < 4.78 is 11.9. The monoisotopic (exact) mass is 377 g/mol. The smallest absolute Gasteiger partial charge is 0.326 e. The van der Waals surface area contributed by atoms with E-state index in [9.17, 15) is 14.4 Å². The van der Waals surface area contributed by atoms with Gasteiger partial charge in [0.2, 0.25) is 5.78 Å². The molecule has 1 aliphatic heterocycles. The molecule has 1 amide bonds. The lowest BCUT2D eigenvalue weighted by molar-refractivity contribution is -0.142. The van der Waals surface area contributed by atoms with Crippen LogP contribution in [-0.2, 0) is 9.53 Å². The minimum Gasteiger partial charge on any atom is -0.456 e. The second-order valence-electron chi connectivity index (χ2n) is 6.04. The largest absolute Gasteiger partial charge is 0.456 e. The van der Waals surface area contributed by atoms with Crippen molar-refractivity contribution < 1.29 is 23.6 Å². The van der Waals surface area contributed by atoms with Crippen LogP contribution in [0.4, 0.5) is 4.79 Å². The number of ether oxygens (including phenoxy) is 1. The van der Waals surface area contributed by atoms with Crippen LogP contribution in [0.2, 0.25) is 0 Å². The minimum atomic E-state index is -0.588. The number of hydrogen-bond donors (Lipinski definition) is 0. The molecule has 0 N–H and O–H groups in total. The number of nitrogens with zero attached hydrogens (tertiary/aromatic N) is 3. The third-order valence-electron chi connectivity index (χ3n) is 4.11. The van der Waals surface area contributed by atoms with Gasteiger partial charge >= 0.3 is 5.97 Å². The molecule has 0 aromatic carbocycles. The van der Waals surface area contributed by atoms with Crippen molar-refractivity contribution in [2.45, 2.75) is 20.8 Å². The van der Waals surface area contributed by atoms with E-state index in [1.165, 1.54) is 16.7 Å². The molecular formula is C17H19N3O5S. The molecule has 0 aliphatic carbocycles. The summed E-state index contributed by atoms with van der Waals surface area (Å²) in [7, 11) is 0. The topological polar surface area (TPSA) is 94.6 Å². The zero-order valence-electron chi connectivity index (χ0n) is 14.8. The van der Waals surface area contributed by atoms with E-state index in [0.717, 1.165) is 5.69 Å². The molecule has 3 rings (SSSR count). The molecular weight excluding hydrogens is 358 g/mol. The third-order valence-corrected chi connectivity index (χ3v) is 5.00. The maximum absolute atomic E-state index is 12.5. The van der Waals surface area contributed by atoms with Gasteiger partial charge in [-0.15, -0.1) is 0 Å². The summed E-state index contributed by atoms with van der Waals surface area (Å²) in [5, 5.41) is 3.83. The molecule has 0 radical (unpaired) electrons. The minimum absolute atomic E-state index is 0.129. The lowest BCUT2D eigenvalue weighted by Crippen LogP contribution is -2.31. The molecule has 1 saturated heterocycles. The van der Waals surface area contributed by atoms with Crippen LogP contribution in [0.5, 0.6) is 0 Å². The predicted molar refractivity (Wildman–Crippen MR) is 94.8 cm³/mol. The maximum atomic E-state index is 12.5. The number of thioether (sulfide) groups is 1. The summed E-state index contributed by atoms with van der Waals surface area (Å²) in [6.07, 6.45) is 0. The molecule has 9 heteroatoms. The molecule has 0 unspecified atom stereocenters. The van der Waals surface area contributed by atoms with Gasteiger partial charge in [-0.05, 0) is 26.8 Å². The molecule has 3 heterocycles. The Balaban J connectivity index is 1.65. The second kappa shape index (κ2) is 7.36. The number of ketones is 1. The van der Waals surface area contributed by atoms with E-state index in [0.29, 0.717) is 35.1 Å². The zero-order valence-corrected chi connectivity index (χ0v) is 15.6. The quantitative estimate of drug-likeness (QED) is 0.563. The number of aryl methyl sites for hydroxylation is 2. The van der Waals surface area contributed by atoms with Crippen LogP contribution < -0.4 is 0 Å². The van der Waals surface area contributed by atoms with Gasteiger partial charge in [-0.2, -0.15) is 0 Å². The number of hydrogen-bond acceptors (Lipinski definition) is 7. The van der Waals surface area contributed by atoms with Crippen LogP contribution in [-0.4, -0.2) is 57.1 Å². The molecule has 1 aliphatic rings. The second-order valence-corrected chi connectivity index (χ2v) is 7.08. The molecule has 1 fully saturated rings. The van der Waals surface area contributed by atoms with Gasteiger partial charge in [0.1, 0.15) is 12.3 Å². The average molecular weight is 377 g/mol. The first-order valence-corrected chi connectivity index (χ1v) is 9.08. The Morgan fingerprint density at radius 1 is 1.31 bits per heavy atom. The molecule has 0 spiro atoms. The van der Waals surface area contributed by atoms with Crippen molar-refractivity contribution in [3.8, 4) is 5.82 Å². The van der Waals surface area contributed by atoms with Gasteiger partial charge in [-0.3, -0.25) is 19.0 Å². The van der Waals surface area contributed by atoms with E-state index in [2.05, 4.69) is 5.16 Å². The highest BCUT2D eigenvalue weighted by Crippen LogP contribution is 2.21. The Bertz CT molecular complexity index is 870. The van der Waals surface area contributed by atoms with Crippen LogP contribution in [0, 0.1) is 20.8 Å². The molecule has 2 aromatic rings. The van der Waals surface area contributed by atoms with Gasteiger partial charge in [0.15, 0.2) is 12.4 Å². The Kier molecular flexibility index (Phi) is 5.17. The summed E-state index contributed by atoms with van der Waals surface area (Å²) >= 11 is 1.17. The number of carbonyl (C=O) groups is 3. The number of esters is 1. The van der Waals surface area contributed by atoms with Crippen molar-refractivity contribution in [2.24, 2.45) is 0 Å². The Morgan fingerprint density at radius 2 is 2.08 bits per heavy atom. The van der Waals surface area contributed by atoms with Crippen molar-refractivity contribution >= 4 is 28.8 Å². The SMILES string of the molecule is Cc1cc(-n2c(C)cc(C(=O)COC(=O)CN3CCSC3=O)c2C)no1. The van der Waals surface area contributed by atoms with Gasteiger partial charge in [0.05, 0.1) is 0 Å². The lowest BCUT2D eigenvalue weighted by Gasteiger charge is -2.13. The van der Waals surface area contributed by atoms with Crippen molar-refractivity contribution in [1.29, 1.82) is 0 Å². The molecule has 0 saturated carbocycles. The van der Waals surface area contributed by atoms with E-state index in [1.807, 2.05) is 11.5 Å². The number of aromatic nitrogens is 2. The molecule has 0 atom stereocenters. The van der Waals surface area contributed by atoms with Crippen LogP contribution in [0.1, 0.15) is 27.5 Å². The van der Waals surface area contributed by atoms with Crippen LogP contribution in [0.25, 0.3) is 5.82 Å². The third kappa shape index (κ3) is 3.67. The van der Waals surface area contributed by atoms with Crippen molar-refractivity contribution in [2.75, 3.05) is 25.4 Å². The highest BCUT2D eigenvalue weighted by Gasteiger charge is 2.25. The standard InChI is InChI=1S/C17H19N3O5S/c1-10-6-13(12(3)20(10)15-7-11(2)25-18-15)14(21)9-24-16(22)8-19-4-5-26-17(19)23/h6-7H,4-5,8-9H2,1-3H3. The summed E-state index contributed by atoms with van der Waals surface area (Å²) in [6, 6.07) is 3.51. The first-order valence-electron chi connectivity index (χ1n) is 8.10. The van der Waals surface area contributed by atoms with E-state index in [1.54, 1.807) is 26.0 Å². The van der Waals surface area contributed by atoms with Crippen LogP contribution >= 0.6 is 11.8 Å². The number of carbonyl (C=O) groups excluding carboxylic acids is 3. The average Bonchev–Trinajstić information content (AvgIpc) is 3.26. The molecule has 2 aromatic heterocycles. The van der Waals surface area contributed by atoms with E-state index < -0.39 is 5.97 Å². The highest BCUT2D eigenvalue weighted by atomic mass is 32.2. The molecule has 0 bridgehead atoms. The Morgan fingerprint density at radius 3 is 2.69 bits per heavy atom. The van der Waals surface area contributed by atoms with Gasteiger partial charge in [-0.1, -0.05) is 16.9 Å². The van der Waals surface area contributed by atoms with E-state index >= 15 is 0 Å². The Hall–Kier alpha value is -2.55. The number of amides is 1. The van der Waals surface area contributed by atoms with Crippen molar-refractivity contribution in [3.63, 3.8) is 0 Å². The highest BCUT2D eigenvalue weighted by molar-refractivity contribution is 8.13. The number of rotatable bonds is 6. The normalized spacial score (nSPS) is 14.1. The van der Waals surface area contributed by atoms with Crippen LogP contribution in [0.15, 0.2) is 16.7 Å². The summed E-state index contributed by atoms with van der Waals surface area (Å²) in [4.78, 5) is 37.2. The van der Waals surface area contributed by atoms with Gasteiger partial charge in [0, 0.05) is 35.3 Å². The van der Waals surface area contributed by atoms with Gasteiger partial charge in [-0.25, -0.2) is 0 Å². The molecule has 138 valence electrons. The maximum Gasteiger partial charge on any atom is 0.326 e. The fraction of sp³-hybridized carbons (Fsp3) is 0.412. The van der Waals surface area contributed by atoms with E-state index in [4.69, 9.17) is 9.26 Å². The van der Waals surface area contributed by atoms with Gasteiger partial charge in [0.25, 0.3) is 5.24 Å². The van der Waals surface area contributed by atoms with E-state index in [-0.39, 0.29) is 24.2 Å². The summed E-state index contributed by atoms with van der Waals surface area (Å²) in [5.74, 6) is 1.04. The molecule has 26 heavy (non-hydrogen) atoms. The molecule has 8 nitrogen and oxygen atoms in total. The first-order chi connectivity index (χ1) is 12.4.